The van der Waals surface area contributed by atoms with Gasteiger partial charge in [-0.1, -0.05) is 12.1 Å². The number of amides is 1. The van der Waals surface area contributed by atoms with Crippen LogP contribution in [0.5, 0.6) is 5.75 Å². The lowest BCUT2D eigenvalue weighted by Crippen LogP contribution is -2.36. The van der Waals surface area contributed by atoms with Crippen molar-refractivity contribution in [2.75, 3.05) is 33.3 Å². The van der Waals surface area contributed by atoms with E-state index in [1.54, 1.807) is 4.90 Å². The summed E-state index contributed by atoms with van der Waals surface area (Å²) >= 11 is 0. The van der Waals surface area contributed by atoms with Gasteiger partial charge in [-0.15, -0.1) is 0 Å². The minimum absolute atomic E-state index is 0.219. The third kappa shape index (κ3) is 5.38. The molecule has 1 N–H and O–H groups in total. The zero-order chi connectivity index (χ0) is 15.1. The van der Waals surface area contributed by atoms with Crippen molar-refractivity contribution in [3.8, 4) is 5.75 Å². The fourth-order valence-electron chi connectivity index (χ4n) is 2.63. The smallest absolute Gasteiger partial charge is 0.222 e. The molecule has 1 unspecified atom stereocenters. The number of aryl methyl sites for hydroxylation is 1. The van der Waals surface area contributed by atoms with Crippen molar-refractivity contribution in [3.63, 3.8) is 0 Å². The van der Waals surface area contributed by atoms with E-state index >= 15 is 0 Å². The summed E-state index contributed by atoms with van der Waals surface area (Å²) in [5, 5.41) is 3.35. The van der Waals surface area contributed by atoms with Gasteiger partial charge in [-0.25, -0.2) is 0 Å². The van der Waals surface area contributed by atoms with Crippen molar-refractivity contribution in [3.05, 3.63) is 29.8 Å². The SMILES string of the molecule is Cc1cccc(OCCN(C)C(=O)CC2CCCNC2)c1. The average Bonchev–Trinajstić information content (AvgIpc) is 2.48. The number of likely N-dealkylation sites (N-methyl/N-ethyl adjacent to an activating group) is 1. The Balaban J connectivity index is 1.68. The van der Waals surface area contributed by atoms with E-state index in [9.17, 15) is 4.79 Å². The minimum atomic E-state index is 0.219. The number of ether oxygens (including phenoxy) is 1. The van der Waals surface area contributed by atoms with E-state index in [4.69, 9.17) is 4.74 Å². The number of nitrogens with zero attached hydrogens (tertiary/aromatic N) is 1. The summed E-state index contributed by atoms with van der Waals surface area (Å²) in [6.45, 7) is 5.27. The fraction of sp³-hybridized carbons (Fsp3) is 0.588. The van der Waals surface area contributed by atoms with E-state index in [1.807, 2.05) is 38.2 Å². The van der Waals surface area contributed by atoms with Crippen molar-refractivity contribution in [2.24, 2.45) is 5.92 Å². The number of piperidine rings is 1. The van der Waals surface area contributed by atoms with Gasteiger partial charge in [0.15, 0.2) is 0 Å². The Morgan fingerprint density at radius 2 is 2.33 bits per heavy atom. The third-order valence-electron chi connectivity index (χ3n) is 3.97. The predicted molar refractivity (Wildman–Crippen MR) is 84.5 cm³/mol. The zero-order valence-corrected chi connectivity index (χ0v) is 13.1. The average molecular weight is 290 g/mol. The summed E-state index contributed by atoms with van der Waals surface area (Å²) in [5.74, 6) is 1.58. The lowest BCUT2D eigenvalue weighted by atomic mass is 9.96. The molecule has 4 heteroatoms. The van der Waals surface area contributed by atoms with Crippen LogP contribution in [0.15, 0.2) is 24.3 Å². The summed E-state index contributed by atoms with van der Waals surface area (Å²) < 4.78 is 5.69. The maximum Gasteiger partial charge on any atom is 0.222 e. The zero-order valence-electron chi connectivity index (χ0n) is 13.1. The van der Waals surface area contributed by atoms with Crippen LogP contribution in [0, 0.1) is 12.8 Å². The Hall–Kier alpha value is -1.55. The summed E-state index contributed by atoms with van der Waals surface area (Å²) in [5.41, 5.74) is 1.18. The molecule has 2 rings (SSSR count). The maximum absolute atomic E-state index is 12.2. The number of hydrogen-bond acceptors (Lipinski definition) is 3. The number of carbonyl (C=O) groups is 1. The molecular formula is C17H26N2O2. The lowest BCUT2D eigenvalue weighted by molar-refractivity contribution is -0.131. The van der Waals surface area contributed by atoms with E-state index in [2.05, 4.69) is 5.32 Å². The molecule has 1 fully saturated rings. The molecule has 0 aromatic heterocycles. The van der Waals surface area contributed by atoms with Gasteiger partial charge in [0.1, 0.15) is 12.4 Å². The van der Waals surface area contributed by atoms with E-state index in [0.717, 1.165) is 25.3 Å². The van der Waals surface area contributed by atoms with Crippen LogP contribution in [0.2, 0.25) is 0 Å². The highest BCUT2D eigenvalue weighted by molar-refractivity contribution is 5.76. The van der Waals surface area contributed by atoms with Crippen LogP contribution in [-0.4, -0.2) is 44.1 Å². The molecule has 1 amide bonds. The Bertz CT molecular complexity index is 456. The second kappa shape index (κ2) is 8.03. The highest BCUT2D eigenvalue weighted by atomic mass is 16.5. The first kappa shape index (κ1) is 15.8. The highest BCUT2D eigenvalue weighted by Gasteiger charge is 2.18. The summed E-state index contributed by atoms with van der Waals surface area (Å²) in [6.07, 6.45) is 2.98. The Kier molecular flexibility index (Phi) is 6.05. The van der Waals surface area contributed by atoms with Gasteiger partial charge in [0.25, 0.3) is 0 Å². The molecule has 1 atom stereocenters. The van der Waals surface area contributed by atoms with Crippen LogP contribution in [-0.2, 0) is 4.79 Å². The predicted octanol–water partition coefficient (Wildman–Crippen LogP) is 2.22. The first-order chi connectivity index (χ1) is 10.1. The van der Waals surface area contributed by atoms with Gasteiger partial charge in [0, 0.05) is 13.5 Å². The maximum atomic E-state index is 12.2. The van der Waals surface area contributed by atoms with Gasteiger partial charge in [-0.05, 0) is 56.5 Å². The molecule has 0 bridgehead atoms. The molecule has 1 saturated heterocycles. The van der Waals surface area contributed by atoms with Crippen LogP contribution >= 0.6 is 0 Å². The fourth-order valence-corrected chi connectivity index (χ4v) is 2.63. The number of nitrogens with one attached hydrogen (secondary N) is 1. The van der Waals surface area contributed by atoms with Gasteiger partial charge in [-0.3, -0.25) is 4.79 Å². The monoisotopic (exact) mass is 290 g/mol. The molecule has 0 aliphatic carbocycles. The molecule has 1 aliphatic heterocycles. The molecular weight excluding hydrogens is 264 g/mol. The standard InChI is InChI=1S/C17H26N2O2/c1-14-5-3-7-16(11-14)21-10-9-19(2)17(20)12-15-6-4-8-18-13-15/h3,5,7,11,15,18H,4,6,8-10,12-13H2,1-2H3. The molecule has 4 nitrogen and oxygen atoms in total. The van der Waals surface area contributed by atoms with E-state index in [1.165, 1.54) is 12.0 Å². The lowest BCUT2D eigenvalue weighted by Gasteiger charge is -2.25. The summed E-state index contributed by atoms with van der Waals surface area (Å²) in [6, 6.07) is 7.98. The minimum Gasteiger partial charge on any atom is -0.492 e. The van der Waals surface area contributed by atoms with E-state index in [0.29, 0.717) is 25.5 Å². The largest absolute Gasteiger partial charge is 0.492 e. The van der Waals surface area contributed by atoms with Gasteiger partial charge < -0.3 is 15.0 Å². The Morgan fingerprint density at radius 3 is 3.05 bits per heavy atom. The number of carbonyl (C=O) groups excluding carboxylic acids is 1. The molecule has 0 radical (unpaired) electrons. The first-order valence-corrected chi connectivity index (χ1v) is 7.79. The second-order valence-electron chi connectivity index (χ2n) is 5.90. The first-order valence-electron chi connectivity index (χ1n) is 7.79. The van der Waals surface area contributed by atoms with Crippen molar-refractivity contribution in [1.82, 2.24) is 10.2 Å². The molecule has 21 heavy (non-hydrogen) atoms. The molecule has 0 spiro atoms. The molecule has 0 saturated carbocycles. The van der Waals surface area contributed by atoms with Crippen LogP contribution in [0.4, 0.5) is 0 Å². The molecule has 1 heterocycles. The van der Waals surface area contributed by atoms with Crippen LogP contribution in [0.25, 0.3) is 0 Å². The number of benzene rings is 1. The summed E-state index contributed by atoms with van der Waals surface area (Å²) in [4.78, 5) is 13.9. The van der Waals surface area contributed by atoms with Gasteiger partial charge in [-0.2, -0.15) is 0 Å². The summed E-state index contributed by atoms with van der Waals surface area (Å²) in [7, 11) is 1.86. The molecule has 1 aromatic rings. The van der Waals surface area contributed by atoms with Crippen molar-refractivity contribution < 1.29 is 9.53 Å². The quantitative estimate of drug-likeness (QED) is 0.873. The molecule has 1 aromatic carbocycles. The van der Waals surface area contributed by atoms with Crippen LogP contribution < -0.4 is 10.1 Å². The Labute approximate surface area is 127 Å². The Morgan fingerprint density at radius 1 is 1.48 bits per heavy atom. The number of hydrogen-bond donors (Lipinski definition) is 1. The van der Waals surface area contributed by atoms with E-state index < -0.39 is 0 Å². The second-order valence-corrected chi connectivity index (χ2v) is 5.90. The van der Waals surface area contributed by atoms with Crippen LogP contribution in [0.1, 0.15) is 24.8 Å². The number of rotatable bonds is 6. The van der Waals surface area contributed by atoms with Gasteiger partial charge in [0.05, 0.1) is 6.54 Å². The van der Waals surface area contributed by atoms with E-state index in [-0.39, 0.29) is 5.91 Å². The molecule has 1 aliphatic rings. The molecule has 116 valence electrons. The van der Waals surface area contributed by atoms with Gasteiger partial charge in [0.2, 0.25) is 5.91 Å². The topological polar surface area (TPSA) is 41.6 Å². The van der Waals surface area contributed by atoms with Crippen molar-refractivity contribution >= 4 is 5.91 Å². The van der Waals surface area contributed by atoms with Crippen LogP contribution in [0.3, 0.4) is 0 Å². The van der Waals surface area contributed by atoms with Crippen molar-refractivity contribution in [1.29, 1.82) is 0 Å². The van der Waals surface area contributed by atoms with Crippen molar-refractivity contribution in [2.45, 2.75) is 26.2 Å². The third-order valence-corrected chi connectivity index (χ3v) is 3.97. The van der Waals surface area contributed by atoms with Gasteiger partial charge >= 0.3 is 0 Å². The normalized spacial score (nSPS) is 18.3. The highest BCUT2D eigenvalue weighted by Crippen LogP contribution is 2.15.